The van der Waals surface area contributed by atoms with E-state index in [0.29, 0.717) is 23.4 Å². The van der Waals surface area contributed by atoms with Crippen molar-refractivity contribution in [2.45, 2.75) is 37.7 Å². The van der Waals surface area contributed by atoms with Gasteiger partial charge in [0.2, 0.25) is 0 Å². The van der Waals surface area contributed by atoms with E-state index < -0.39 is 11.7 Å². The predicted octanol–water partition coefficient (Wildman–Crippen LogP) is 7.57. The van der Waals surface area contributed by atoms with Crippen molar-refractivity contribution in [3.63, 3.8) is 0 Å². The number of alkyl halides is 4. The highest BCUT2D eigenvalue weighted by atomic mass is 35.5. The van der Waals surface area contributed by atoms with Crippen LogP contribution in [0.2, 0.25) is 0 Å². The SMILES string of the molecule is FC(F)(F)c1cc(/C=C/c2ccc(CCl)cc2)ccc1C1=CCCCC1. The van der Waals surface area contributed by atoms with Crippen LogP contribution in [0.3, 0.4) is 0 Å². The van der Waals surface area contributed by atoms with Gasteiger partial charge in [-0.2, -0.15) is 13.2 Å². The molecule has 0 radical (unpaired) electrons. The number of halogens is 4. The molecule has 26 heavy (non-hydrogen) atoms. The zero-order chi connectivity index (χ0) is 18.6. The first-order valence-corrected chi connectivity index (χ1v) is 9.24. The molecule has 0 N–H and O–H groups in total. The average Bonchev–Trinajstić information content (AvgIpc) is 2.66. The van der Waals surface area contributed by atoms with Crippen LogP contribution < -0.4 is 0 Å². The lowest BCUT2D eigenvalue weighted by molar-refractivity contribution is -0.137. The average molecular weight is 377 g/mol. The molecule has 1 aliphatic rings. The Labute approximate surface area is 157 Å². The van der Waals surface area contributed by atoms with Gasteiger partial charge < -0.3 is 0 Å². The molecule has 0 saturated heterocycles. The number of hydrogen-bond donors (Lipinski definition) is 0. The van der Waals surface area contributed by atoms with Crippen LogP contribution in [0.5, 0.6) is 0 Å². The standard InChI is InChI=1S/C22H20ClF3/c23-15-18-10-7-16(8-11-18)6-9-17-12-13-20(19-4-2-1-3-5-19)21(14-17)22(24,25)26/h4,6-14H,1-3,5,15H2/b9-6+. The molecule has 136 valence electrons. The third-order valence-electron chi connectivity index (χ3n) is 4.59. The summed E-state index contributed by atoms with van der Waals surface area (Å²) >= 11 is 5.76. The normalized spacial score (nSPS) is 15.3. The van der Waals surface area contributed by atoms with Crippen LogP contribution in [0.1, 0.15) is 53.5 Å². The zero-order valence-electron chi connectivity index (χ0n) is 14.3. The first-order chi connectivity index (χ1) is 12.5. The molecule has 2 aromatic rings. The van der Waals surface area contributed by atoms with Gasteiger partial charge in [0, 0.05) is 5.88 Å². The number of benzene rings is 2. The Morgan fingerprint density at radius 1 is 0.923 bits per heavy atom. The molecule has 1 aliphatic carbocycles. The van der Waals surface area contributed by atoms with Gasteiger partial charge in [-0.05, 0) is 59.6 Å². The van der Waals surface area contributed by atoms with Crippen LogP contribution in [0, 0.1) is 0 Å². The quantitative estimate of drug-likeness (QED) is 0.381. The molecule has 0 atom stereocenters. The Hall–Kier alpha value is -2.00. The third kappa shape index (κ3) is 4.59. The molecule has 3 rings (SSSR count). The fraction of sp³-hybridized carbons (Fsp3) is 0.273. The van der Waals surface area contributed by atoms with Crippen LogP contribution in [-0.4, -0.2) is 0 Å². The predicted molar refractivity (Wildman–Crippen MR) is 103 cm³/mol. The van der Waals surface area contributed by atoms with Crippen molar-refractivity contribution < 1.29 is 13.2 Å². The van der Waals surface area contributed by atoms with E-state index in [2.05, 4.69) is 0 Å². The first kappa shape index (κ1) is 18.8. The molecule has 0 saturated carbocycles. The van der Waals surface area contributed by atoms with E-state index >= 15 is 0 Å². The summed E-state index contributed by atoms with van der Waals surface area (Å²) in [4.78, 5) is 0. The van der Waals surface area contributed by atoms with E-state index in [-0.39, 0.29) is 0 Å². The van der Waals surface area contributed by atoms with Crippen LogP contribution in [0.4, 0.5) is 13.2 Å². The summed E-state index contributed by atoms with van der Waals surface area (Å²) in [5, 5.41) is 0. The summed E-state index contributed by atoms with van der Waals surface area (Å²) in [7, 11) is 0. The lowest BCUT2D eigenvalue weighted by Crippen LogP contribution is -2.10. The second-order valence-electron chi connectivity index (χ2n) is 6.49. The lowest BCUT2D eigenvalue weighted by Gasteiger charge is -2.19. The highest BCUT2D eigenvalue weighted by Crippen LogP contribution is 2.38. The minimum Gasteiger partial charge on any atom is -0.166 e. The van der Waals surface area contributed by atoms with Crippen LogP contribution >= 0.6 is 11.6 Å². The molecule has 0 aromatic heterocycles. The Morgan fingerprint density at radius 2 is 1.62 bits per heavy atom. The molecule has 0 spiro atoms. The highest BCUT2D eigenvalue weighted by Gasteiger charge is 2.34. The molecule has 0 aliphatic heterocycles. The summed E-state index contributed by atoms with van der Waals surface area (Å²) in [6, 6.07) is 12.2. The molecule has 4 heteroatoms. The van der Waals surface area contributed by atoms with Crippen LogP contribution in [-0.2, 0) is 12.1 Å². The van der Waals surface area contributed by atoms with Crippen molar-refractivity contribution in [1.29, 1.82) is 0 Å². The van der Waals surface area contributed by atoms with Crippen molar-refractivity contribution in [1.82, 2.24) is 0 Å². The maximum absolute atomic E-state index is 13.6. The Balaban J connectivity index is 1.90. The van der Waals surface area contributed by atoms with Gasteiger partial charge in [-0.15, -0.1) is 11.6 Å². The van der Waals surface area contributed by atoms with E-state index in [0.717, 1.165) is 36.0 Å². The molecule has 0 bridgehead atoms. The number of hydrogen-bond acceptors (Lipinski definition) is 0. The summed E-state index contributed by atoms with van der Waals surface area (Å²) in [6.07, 6.45) is 4.67. The first-order valence-electron chi connectivity index (χ1n) is 8.71. The van der Waals surface area contributed by atoms with Gasteiger partial charge in [-0.25, -0.2) is 0 Å². The van der Waals surface area contributed by atoms with Crippen LogP contribution in [0.15, 0.2) is 48.5 Å². The topological polar surface area (TPSA) is 0 Å². The molecular formula is C22H20ClF3. The summed E-state index contributed by atoms with van der Waals surface area (Å²) in [6.45, 7) is 0. The number of rotatable bonds is 4. The fourth-order valence-electron chi connectivity index (χ4n) is 3.17. The largest absolute Gasteiger partial charge is 0.417 e. The van der Waals surface area contributed by atoms with Gasteiger partial charge in [-0.3, -0.25) is 0 Å². The molecule has 0 unspecified atom stereocenters. The molecule has 2 aromatic carbocycles. The highest BCUT2D eigenvalue weighted by molar-refractivity contribution is 6.17. The van der Waals surface area contributed by atoms with Gasteiger partial charge in [0.15, 0.2) is 0 Å². The molecule has 0 heterocycles. The van der Waals surface area contributed by atoms with Crippen molar-refractivity contribution in [3.8, 4) is 0 Å². The Morgan fingerprint density at radius 3 is 2.23 bits per heavy atom. The fourth-order valence-corrected chi connectivity index (χ4v) is 3.35. The Bertz CT molecular complexity index is 814. The van der Waals surface area contributed by atoms with E-state index in [1.54, 1.807) is 18.2 Å². The maximum Gasteiger partial charge on any atom is 0.417 e. The van der Waals surface area contributed by atoms with E-state index in [1.165, 1.54) is 6.07 Å². The Kier molecular flexibility index (Phi) is 5.87. The van der Waals surface area contributed by atoms with Crippen molar-refractivity contribution in [3.05, 3.63) is 76.4 Å². The van der Waals surface area contributed by atoms with Gasteiger partial charge in [-0.1, -0.05) is 54.6 Å². The third-order valence-corrected chi connectivity index (χ3v) is 4.90. The summed E-state index contributed by atoms with van der Waals surface area (Å²) in [5.74, 6) is 0.441. The minimum absolute atomic E-state index is 0.320. The summed E-state index contributed by atoms with van der Waals surface area (Å²) in [5.41, 5.74) is 3.06. The van der Waals surface area contributed by atoms with Gasteiger partial charge in [0.05, 0.1) is 5.56 Å². The van der Waals surface area contributed by atoms with E-state index in [1.807, 2.05) is 36.4 Å². The van der Waals surface area contributed by atoms with Crippen molar-refractivity contribution >= 4 is 29.3 Å². The lowest BCUT2D eigenvalue weighted by atomic mass is 9.89. The van der Waals surface area contributed by atoms with E-state index in [4.69, 9.17) is 11.6 Å². The molecule has 0 fully saturated rings. The van der Waals surface area contributed by atoms with E-state index in [9.17, 15) is 13.2 Å². The smallest absolute Gasteiger partial charge is 0.166 e. The minimum atomic E-state index is -4.36. The van der Waals surface area contributed by atoms with Gasteiger partial charge in [0.25, 0.3) is 0 Å². The number of allylic oxidation sites excluding steroid dienone is 2. The second-order valence-corrected chi connectivity index (χ2v) is 6.75. The molecular weight excluding hydrogens is 357 g/mol. The zero-order valence-corrected chi connectivity index (χ0v) is 15.1. The monoisotopic (exact) mass is 376 g/mol. The summed E-state index contributed by atoms with van der Waals surface area (Å²) < 4.78 is 40.7. The maximum atomic E-state index is 13.6. The van der Waals surface area contributed by atoms with Crippen LogP contribution in [0.25, 0.3) is 17.7 Å². The molecule has 0 nitrogen and oxygen atoms in total. The molecule has 0 amide bonds. The van der Waals surface area contributed by atoms with Gasteiger partial charge >= 0.3 is 6.18 Å². The second kappa shape index (κ2) is 8.13. The van der Waals surface area contributed by atoms with Gasteiger partial charge in [0.1, 0.15) is 0 Å². The van der Waals surface area contributed by atoms with Crippen molar-refractivity contribution in [2.24, 2.45) is 0 Å². The van der Waals surface area contributed by atoms with Crippen molar-refractivity contribution in [2.75, 3.05) is 0 Å².